The monoisotopic (exact) mass is 487 g/mol. The zero-order valence-corrected chi connectivity index (χ0v) is 19.2. The highest BCUT2D eigenvalue weighted by atomic mass is 127. The van der Waals surface area contributed by atoms with Crippen LogP contribution in [0.4, 0.5) is 5.69 Å². The normalized spacial score (nSPS) is 11.0. The Morgan fingerprint density at radius 2 is 2.04 bits per heavy atom. The van der Waals surface area contributed by atoms with E-state index in [1.807, 2.05) is 6.20 Å². The number of guanidine groups is 1. The second kappa shape index (κ2) is 12.1. The highest BCUT2D eigenvalue weighted by Crippen LogP contribution is 2.15. The molecule has 2 N–H and O–H groups in total. The molecular weight excluding hydrogens is 457 g/mol. The number of anilines is 1. The molecule has 2 rings (SSSR count). The molecule has 144 valence electrons. The van der Waals surface area contributed by atoms with Gasteiger partial charge in [0.25, 0.3) is 0 Å². The van der Waals surface area contributed by atoms with Crippen molar-refractivity contribution in [3.8, 4) is 0 Å². The summed E-state index contributed by atoms with van der Waals surface area (Å²) in [5.41, 5.74) is 2.56. The molecule has 5 nitrogen and oxygen atoms in total. The van der Waals surface area contributed by atoms with Gasteiger partial charge in [-0.15, -0.1) is 35.3 Å². The Morgan fingerprint density at radius 1 is 1.23 bits per heavy atom. The average molecular weight is 487 g/mol. The summed E-state index contributed by atoms with van der Waals surface area (Å²) in [6.07, 6.45) is 1.90. The van der Waals surface area contributed by atoms with Gasteiger partial charge >= 0.3 is 0 Å². The molecule has 0 aliphatic heterocycles. The molecule has 0 unspecified atom stereocenters. The number of benzene rings is 1. The molecule has 0 radical (unpaired) electrons. The molecule has 2 aromatic rings. The van der Waals surface area contributed by atoms with Gasteiger partial charge < -0.3 is 15.5 Å². The van der Waals surface area contributed by atoms with E-state index in [1.165, 1.54) is 16.1 Å². The largest absolute Gasteiger partial charge is 0.370 e. The van der Waals surface area contributed by atoms with E-state index in [0.29, 0.717) is 6.54 Å². The highest BCUT2D eigenvalue weighted by molar-refractivity contribution is 14.0. The third-order valence-electron chi connectivity index (χ3n) is 3.81. The smallest absolute Gasteiger partial charge is 0.191 e. The van der Waals surface area contributed by atoms with Crippen molar-refractivity contribution >= 4 is 47.0 Å². The fourth-order valence-electron chi connectivity index (χ4n) is 2.57. The number of likely N-dealkylation sites (N-methyl/N-ethyl adjacent to an activating group) is 1. The first-order valence-electron chi connectivity index (χ1n) is 8.87. The van der Waals surface area contributed by atoms with Crippen LogP contribution in [0.3, 0.4) is 0 Å². The summed E-state index contributed by atoms with van der Waals surface area (Å²) in [6, 6.07) is 8.64. The number of aliphatic imine (C=N–C) groups is 1. The van der Waals surface area contributed by atoms with Gasteiger partial charge in [-0.3, -0.25) is 0 Å². The zero-order chi connectivity index (χ0) is 18.1. The summed E-state index contributed by atoms with van der Waals surface area (Å²) in [4.78, 5) is 12.6. The van der Waals surface area contributed by atoms with Crippen molar-refractivity contribution in [1.29, 1.82) is 0 Å². The molecule has 0 atom stereocenters. The van der Waals surface area contributed by atoms with Crippen LogP contribution >= 0.6 is 35.3 Å². The van der Waals surface area contributed by atoms with Crippen molar-refractivity contribution in [3.05, 3.63) is 45.9 Å². The van der Waals surface area contributed by atoms with Crippen LogP contribution in [0.2, 0.25) is 0 Å². The molecule has 0 saturated carbocycles. The molecule has 0 bridgehead atoms. The number of aryl methyl sites for hydroxylation is 2. The van der Waals surface area contributed by atoms with E-state index in [4.69, 9.17) is 0 Å². The molecule has 0 aliphatic rings. The van der Waals surface area contributed by atoms with Crippen LogP contribution in [0.1, 0.15) is 29.3 Å². The quantitative estimate of drug-likeness (QED) is 0.336. The van der Waals surface area contributed by atoms with Crippen molar-refractivity contribution in [2.45, 2.75) is 34.2 Å². The molecule has 1 aromatic heterocycles. The van der Waals surface area contributed by atoms with E-state index in [9.17, 15) is 0 Å². The molecule has 26 heavy (non-hydrogen) atoms. The van der Waals surface area contributed by atoms with Gasteiger partial charge in [-0.05, 0) is 45.4 Å². The third-order valence-corrected chi connectivity index (χ3v) is 4.71. The molecular formula is C19H30IN5S. The number of rotatable bonds is 8. The zero-order valence-electron chi connectivity index (χ0n) is 16.1. The Labute approximate surface area is 178 Å². The summed E-state index contributed by atoms with van der Waals surface area (Å²) in [5, 5.41) is 7.76. The lowest BCUT2D eigenvalue weighted by atomic mass is 10.2. The van der Waals surface area contributed by atoms with Gasteiger partial charge in [0.05, 0.1) is 6.54 Å². The van der Waals surface area contributed by atoms with Gasteiger partial charge in [0, 0.05) is 42.9 Å². The standard InChI is InChI=1S/C19H29N5S.HI/c1-5-20-19(23-14-18-22-13-16(4)25-18)21-10-11-24(6-2)17-9-7-8-15(3)12-17;/h7-9,12-13H,5-6,10-11,14H2,1-4H3,(H2,20,21,23);1H. The summed E-state index contributed by atoms with van der Waals surface area (Å²) >= 11 is 1.70. The van der Waals surface area contributed by atoms with Crippen LogP contribution in [0.5, 0.6) is 0 Å². The molecule has 1 heterocycles. The van der Waals surface area contributed by atoms with Crippen LogP contribution in [0.15, 0.2) is 35.5 Å². The predicted octanol–water partition coefficient (Wildman–Crippen LogP) is 3.96. The molecule has 7 heteroatoms. The fourth-order valence-corrected chi connectivity index (χ4v) is 3.28. The summed E-state index contributed by atoms with van der Waals surface area (Å²) < 4.78 is 0. The van der Waals surface area contributed by atoms with E-state index in [0.717, 1.165) is 37.1 Å². The van der Waals surface area contributed by atoms with Gasteiger partial charge in [-0.25, -0.2) is 9.98 Å². The molecule has 1 aromatic carbocycles. The van der Waals surface area contributed by atoms with E-state index < -0.39 is 0 Å². The van der Waals surface area contributed by atoms with Crippen LogP contribution < -0.4 is 15.5 Å². The Hall–Kier alpha value is -1.35. The first-order chi connectivity index (χ1) is 12.1. The second-order valence-corrected chi connectivity index (χ2v) is 7.22. The minimum Gasteiger partial charge on any atom is -0.370 e. The van der Waals surface area contributed by atoms with E-state index in [-0.39, 0.29) is 24.0 Å². The topological polar surface area (TPSA) is 52.6 Å². The SMILES string of the molecule is CCNC(=NCc1ncc(C)s1)NCCN(CC)c1cccc(C)c1.I. The molecule has 0 saturated heterocycles. The number of hydrogen-bond donors (Lipinski definition) is 2. The number of nitrogens with one attached hydrogen (secondary N) is 2. The fraction of sp³-hybridized carbons (Fsp3) is 0.474. The minimum absolute atomic E-state index is 0. The van der Waals surface area contributed by atoms with Crippen LogP contribution in [0.25, 0.3) is 0 Å². The highest BCUT2D eigenvalue weighted by Gasteiger charge is 2.05. The predicted molar refractivity (Wildman–Crippen MR) is 124 cm³/mol. The van der Waals surface area contributed by atoms with Crippen LogP contribution in [-0.4, -0.2) is 37.1 Å². The molecule has 0 fully saturated rings. The lowest BCUT2D eigenvalue weighted by molar-refractivity contribution is 0.751. The Balaban J connectivity index is 0.00000338. The molecule has 0 spiro atoms. The van der Waals surface area contributed by atoms with Gasteiger partial charge in [0.1, 0.15) is 5.01 Å². The summed E-state index contributed by atoms with van der Waals surface area (Å²) in [7, 11) is 0. The Morgan fingerprint density at radius 3 is 2.65 bits per heavy atom. The maximum absolute atomic E-state index is 4.63. The van der Waals surface area contributed by atoms with Gasteiger partial charge in [0.15, 0.2) is 5.96 Å². The molecule has 0 amide bonds. The molecule has 0 aliphatic carbocycles. The lowest BCUT2D eigenvalue weighted by Crippen LogP contribution is -2.41. The number of halogens is 1. The average Bonchev–Trinajstić information content (AvgIpc) is 3.02. The number of aromatic nitrogens is 1. The van der Waals surface area contributed by atoms with E-state index in [1.54, 1.807) is 11.3 Å². The van der Waals surface area contributed by atoms with E-state index >= 15 is 0 Å². The number of nitrogens with zero attached hydrogens (tertiary/aromatic N) is 3. The first kappa shape index (κ1) is 22.7. The summed E-state index contributed by atoms with van der Waals surface area (Å²) in [6.45, 7) is 12.7. The lowest BCUT2D eigenvalue weighted by Gasteiger charge is -2.24. The Bertz CT molecular complexity index is 686. The third kappa shape index (κ3) is 7.49. The van der Waals surface area contributed by atoms with Crippen molar-refractivity contribution in [2.24, 2.45) is 4.99 Å². The first-order valence-corrected chi connectivity index (χ1v) is 9.69. The van der Waals surface area contributed by atoms with Crippen molar-refractivity contribution in [1.82, 2.24) is 15.6 Å². The van der Waals surface area contributed by atoms with Gasteiger partial charge in [-0.1, -0.05) is 12.1 Å². The number of thiazole rings is 1. The van der Waals surface area contributed by atoms with Crippen molar-refractivity contribution in [2.75, 3.05) is 31.1 Å². The van der Waals surface area contributed by atoms with E-state index in [2.05, 4.69) is 77.5 Å². The van der Waals surface area contributed by atoms with Crippen molar-refractivity contribution < 1.29 is 0 Å². The minimum atomic E-state index is 0. The van der Waals surface area contributed by atoms with Gasteiger partial charge in [0.2, 0.25) is 0 Å². The van der Waals surface area contributed by atoms with Crippen molar-refractivity contribution in [3.63, 3.8) is 0 Å². The second-order valence-electron chi connectivity index (χ2n) is 5.91. The van der Waals surface area contributed by atoms with Gasteiger partial charge in [-0.2, -0.15) is 0 Å². The van der Waals surface area contributed by atoms with Crippen LogP contribution in [0, 0.1) is 13.8 Å². The summed E-state index contributed by atoms with van der Waals surface area (Å²) in [5.74, 6) is 0.843. The number of hydrogen-bond acceptors (Lipinski definition) is 4. The van der Waals surface area contributed by atoms with Crippen LogP contribution in [-0.2, 0) is 6.54 Å². The maximum Gasteiger partial charge on any atom is 0.191 e. The Kier molecular flexibility index (Phi) is 10.6. The maximum atomic E-state index is 4.63.